The van der Waals surface area contributed by atoms with Gasteiger partial charge in [-0.25, -0.2) is 0 Å². The molecule has 0 bridgehead atoms. The zero-order valence-electron chi connectivity index (χ0n) is 12.9. The minimum absolute atomic E-state index is 0. The summed E-state index contributed by atoms with van der Waals surface area (Å²) in [7, 11) is 0. The standard InChI is InChI=1S/C15H23N3O2S.ClH/c1-11-10-21-15(20)18(11)7-4-14(19)17-5-2-12-8-16-9-13(12)3-6-17;/h10,12-13,16H,2-9H2,1H3;1H/t12-,13+;. The highest BCUT2D eigenvalue weighted by Crippen LogP contribution is 2.27. The van der Waals surface area contributed by atoms with Gasteiger partial charge in [-0.15, -0.1) is 12.4 Å². The molecule has 5 nitrogen and oxygen atoms in total. The third kappa shape index (κ3) is 3.73. The predicted molar refractivity (Wildman–Crippen MR) is 90.8 cm³/mol. The molecule has 0 aromatic carbocycles. The number of thiazole rings is 1. The van der Waals surface area contributed by atoms with E-state index in [2.05, 4.69) is 5.32 Å². The Morgan fingerprint density at radius 3 is 2.50 bits per heavy atom. The number of hydrogen-bond donors (Lipinski definition) is 1. The molecule has 2 aliphatic heterocycles. The Labute approximate surface area is 141 Å². The van der Waals surface area contributed by atoms with E-state index in [-0.39, 0.29) is 23.2 Å². The summed E-state index contributed by atoms with van der Waals surface area (Å²) >= 11 is 1.21. The highest BCUT2D eigenvalue weighted by atomic mass is 35.5. The van der Waals surface area contributed by atoms with Gasteiger partial charge in [-0.2, -0.15) is 0 Å². The van der Waals surface area contributed by atoms with E-state index in [0.717, 1.165) is 56.6 Å². The SMILES string of the molecule is Cc1csc(=O)n1CCC(=O)N1CC[C@@H]2CNC[C@@H]2CC1.Cl. The van der Waals surface area contributed by atoms with Gasteiger partial charge in [0.05, 0.1) is 0 Å². The van der Waals surface area contributed by atoms with Crippen LogP contribution in [0.4, 0.5) is 0 Å². The van der Waals surface area contributed by atoms with Gasteiger partial charge in [0.1, 0.15) is 0 Å². The molecule has 7 heteroatoms. The van der Waals surface area contributed by atoms with Crippen molar-refractivity contribution >= 4 is 29.7 Å². The molecule has 0 unspecified atom stereocenters. The van der Waals surface area contributed by atoms with Crippen LogP contribution in [0.15, 0.2) is 10.2 Å². The molecule has 1 aromatic rings. The minimum Gasteiger partial charge on any atom is -0.343 e. The molecule has 22 heavy (non-hydrogen) atoms. The molecule has 124 valence electrons. The van der Waals surface area contributed by atoms with Crippen LogP contribution in [-0.2, 0) is 11.3 Å². The maximum absolute atomic E-state index is 12.4. The van der Waals surface area contributed by atoms with E-state index < -0.39 is 0 Å². The number of carbonyl (C=O) groups is 1. The Morgan fingerprint density at radius 2 is 1.95 bits per heavy atom. The fraction of sp³-hybridized carbons (Fsp3) is 0.733. The summed E-state index contributed by atoms with van der Waals surface area (Å²) in [5.41, 5.74) is 0.953. The number of halogens is 1. The van der Waals surface area contributed by atoms with E-state index >= 15 is 0 Å². The van der Waals surface area contributed by atoms with Crippen molar-refractivity contribution in [1.29, 1.82) is 0 Å². The number of rotatable bonds is 3. The molecule has 2 saturated heterocycles. The van der Waals surface area contributed by atoms with Crippen molar-refractivity contribution < 1.29 is 4.79 Å². The largest absolute Gasteiger partial charge is 0.343 e. The molecule has 2 aliphatic rings. The summed E-state index contributed by atoms with van der Waals surface area (Å²) < 4.78 is 1.71. The van der Waals surface area contributed by atoms with Crippen molar-refractivity contribution in [2.75, 3.05) is 26.2 Å². The predicted octanol–water partition coefficient (Wildman–Crippen LogP) is 1.49. The normalized spacial score (nSPS) is 24.5. The van der Waals surface area contributed by atoms with Gasteiger partial charge in [-0.05, 0) is 44.7 Å². The van der Waals surface area contributed by atoms with Gasteiger partial charge in [0, 0.05) is 37.1 Å². The van der Waals surface area contributed by atoms with Crippen molar-refractivity contribution in [2.24, 2.45) is 11.8 Å². The fourth-order valence-electron chi connectivity index (χ4n) is 3.51. The van der Waals surface area contributed by atoms with Crippen LogP contribution < -0.4 is 10.2 Å². The molecule has 3 heterocycles. The lowest BCUT2D eigenvalue weighted by atomic mass is 9.92. The van der Waals surface area contributed by atoms with Gasteiger partial charge >= 0.3 is 4.87 Å². The van der Waals surface area contributed by atoms with Gasteiger partial charge < -0.3 is 14.8 Å². The monoisotopic (exact) mass is 345 g/mol. The quantitative estimate of drug-likeness (QED) is 0.903. The molecule has 1 aromatic heterocycles. The lowest BCUT2D eigenvalue weighted by Crippen LogP contribution is -2.33. The number of carbonyl (C=O) groups excluding carboxylic acids is 1. The first-order valence-corrected chi connectivity index (χ1v) is 8.66. The van der Waals surface area contributed by atoms with Gasteiger partial charge in [0.15, 0.2) is 0 Å². The topological polar surface area (TPSA) is 54.3 Å². The van der Waals surface area contributed by atoms with Crippen molar-refractivity contribution in [3.05, 3.63) is 20.7 Å². The Bertz CT molecular complexity index is 557. The van der Waals surface area contributed by atoms with Crippen LogP contribution in [0.5, 0.6) is 0 Å². The molecular formula is C15H24ClN3O2S. The first-order valence-electron chi connectivity index (χ1n) is 7.78. The summed E-state index contributed by atoms with van der Waals surface area (Å²) in [6.45, 7) is 6.39. The molecule has 1 amide bonds. The fourth-order valence-corrected chi connectivity index (χ4v) is 4.27. The zero-order chi connectivity index (χ0) is 14.8. The molecular weight excluding hydrogens is 322 g/mol. The zero-order valence-corrected chi connectivity index (χ0v) is 14.5. The average Bonchev–Trinajstić information content (AvgIpc) is 2.98. The summed E-state index contributed by atoms with van der Waals surface area (Å²) in [5.74, 6) is 1.68. The van der Waals surface area contributed by atoms with E-state index in [9.17, 15) is 9.59 Å². The van der Waals surface area contributed by atoms with E-state index in [4.69, 9.17) is 0 Å². The summed E-state index contributed by atoms with van der Waals surface area (Å²) in [4.78, 5) is 26.1. The third-order valence-corrected chi connectivity index (χ3v) is 5.78. The minimum atomic E-state index is 0. The van der Waals surface area contributed by atoms with Crippen LogP contribution in [0.3, 0.4) is 0 Å². The molecule has 1 N–H and O–H groups in total. The van der Waals surface area contributed by atoms with E-state index in [1.54, 1.807) is 4.57 Å². The summed E-state index contributed by atoms with van der Waals surface area (Å²) in [6, 6.07) is 0. The first-order chi connectivity index (χ1) is 10.1. The second-order valence-corrected chi connectivity index (χ2v) is 7.00. The highest BCUT2D eigenvalue weighted by molar-refractivity contribution is 7.07. The lowest BCUT2D eigenvalue weighted by molar-refractivity contribution is -0.131. The number of hydrogen-bond acceptors (Lipinski definition) is 4. The number of nitrogens with zero attached hydrogens (tertiary/aromatic N) is 2. The molecule has 0 aliphatic carbocycles. The Balaban J connectivity index is 0.00000176. The number of amides is 1. The number of likely N-dealkylation sites (tertiary alicyclic amines) is 1. The molecule has 3 rings (SSSR count). The van der Waals surface area contributed by atoms with Gasteiger partial charge in [0.25, 0.3) is 0 Å². The second kappa shape index (κ2) is 7.62. The number of aromatic nitrogens is 1. The highest BCUT2D eigenvalue weighted by Gasteiger charge is 2.31. The molecule has 0 spiro atoms. The number of fused-ring (bicyclic) bond motifs is 1. The molecule has 2 fully saturated rings. The van der Waals surface area contributed by atoms with E-state index in [1.165, 1.54) is 11.3 Å². The smallest absolute Gasteiger partial charge is 0.307 e. The maximum Gasteiger partial charge on any atom is 0.307 e. The van der Waals surface area contributed by atoms with Gasteiger partial charge in [-0.1, -0.05) is 11.3 Å². The van der Waals surface area contributed by atoms with E-state index in [1.807, 2.05) is 17.2 Å². The van der Waals surface area contributed by atoms with Gasteiger partial charge in [-0.3, -0.25) is 9.59 Å². The van der Waals surface area contributed by atoms with Crippen molar-refractivity contribution in [3.63, 3.8) is 0 Å². The third-order valence-electron chi connectivity index (χ3n) is 4.90. The molecule has 0 radical (unpaired) electrons. The molecule has 0 saturated carbocycles. The van der Waals surface area contributed by atoms with Crippen LogP contribution in [0, 0.1) is 18.8 Å². The lowest BCUT2D eigenvalue weighted by Gasteiger charge is -2.21. The van der Waals surface area contributed by atoms with Crippen molar-refractivity contribution in [1.82, 2.24) is 14.8 Å². The summed E-state index contributed by atoms with van der Waals surface area (Å²) in [6.07, 6.45) is 2.66. The Morgan fingerprint density at radius 1 is 1.32 bits per heavy atom. The van der Waals surface area contributed by atoms with Crippen LogP contribution in [-0.4, -0.2) is 41.6 Å². The van der Waals surface area contributed by atoms with Crippen LogP contribution in [0.1, 0.15) is 25.0 Å². The van der Waals surface area contributed by atoms with Gasteiger partial charge in [0.2, 0.25) is 5.91 Å². The maximum atomic E-state index is 12.4. The Kier molecular flexibility index (Phi) is 6.06. The average molecular weight is 346 g/mol. The van der Waals surface area contributed by atoms with Crippen LogP contribution >= 0.6 is 23.7 Å². The number of aryl methyl sites for hydroxylation is 1. The molecule has 2 atom stereocenters. The van der Waals surface area contributed by atoms with E-state index in [0.29, 0.717) is 13.0 Å². The van der Waals surface area contributed by atoms with Crippen molar-refractivity contribution in [3.8, 4) is 0 Å². The number of nitrogens with one attached hydrogen (secondary N) is 1. The first kappa shape index (κ1) is 17.5. The second-order valence-electron chi connectivity index (χ2n) is 6.18. The Hall–Kier alpha value is -0.850. The van der Waals surface area contributed by atoms with Crippen LogP contribution in [0.25, 0.3) is 0 Å². The van der Waals surface area contributed by atoms with Crippen molar-refractivity contribution in [2.45, 2.75) is 32.7 Å². The van der Waals surface area contributed by atoms with Crippen LogP contribution in [0.2, 0.25) is 0 Å². The summed E-state index contributed by atoms with van der Waals surface area (Å²) in [5, 5.41) is 5.31.